The Morgan fingerprint density at radius 2 is 0.746 bits per heavy atom. The van der Waals surface area contributed by atoms with Gasteiger partial charge in [0, 0.05) is 5.56 Å². The van der Waals surface area contributed by atoms with Gasteiger partial charge in [0.1, 0.15) is 5.82 Å². The lowest BCUT2D eigenvalue weighted by molar-refractivity contribution is 0.590. The minimum absolute atomic E-state index is 0.170. The first-order valence-electron chi connectivity index (χ1n) is 23.7. The average Bonchev–Trinajstić information content (AvgIpc) is 3.28. The maximum Gasteiger partial charge on any atom is 0.131 e. The van der Waals surface area contributed by atoms with Crippen molar-refractivity contribution in [3.05, 3.63) is 255 Å². The maximum atomic E-state index is 13.4. The van der Waals surface area contributed by atoms with E-state index in [1.807, 2.05) is 43.3 Å². The van der Waals surface area contributed by atoms with Crippen LogP contribution in [0.5, 0.6) is 0 Å². The van der Waals surface area contributed by atoms with Gasteiger partial charge in [0.2, 0.25) is 0 Å². The number of hydrogen-bond donors (Lipinski definition) is 0. The molecule has 0 unspecified atom stereocenters. The highest BCUT2D eigenvalue weighted by Crippen LogP contribution is 2.24. The highest BCUT2D eigenvalue weighted by atomic mass is 28.3. The van der Waals surface area contributed by atoms with Crippen molar-refractivity contribution in [2.45, 2.75) is 115 Å². The molecule has 0 aliphatic heterocycles. The predicted molar refractivity (Wildman–Crippen MR) is 299 cm³/mol. The monoisotopic (exact) mass is 907 g/mol. The Kier molecular flexibility index (Phi) is 22.2. The maximum absolute atomic E-state index is 13.4. The first-order chi connectivity index (χ1) is 31.5. The van der Waals surface area contributed by atoms with Gasteiger partial charge in [-0.1, -0.05) is 261 Å². The topological polar surface area (TPSA) is 0 Å². The fourth-order valence-electron chi connectivity index (χ4n) is 6.67. The molecule has 0 radical (unpaired) electrons. The second-order valence-corrected chi connectivity index (χ2v) is 25.1. The Morgan fingerprint density at radius 1 is 0.328 bits per heavy atom. The molecule has 0 saturated carbocycles. The minimum Gasteiger partial charge on any atom is -0.206 e. The van der Waals surface area contributed by atoms with Gasteiger partial charge < -0.3 is 0 Å². The molecular formula is C65H79FSi. The van der Waals surface area contributed by atoms with Gasteiger partial charge in [0.15, 0.2) is 0 Å². The van der Waals surface area contributed by atoms with Crippen LogP contribution in [-0.4, -0.2) is 8.07 Å². The van der Waals surface area contributed by atoms with E-state index in [1.165, 1.54) is 78.4 Å². The molecule has 0 amide bonds. The summed E-state index contributed by atoms with van der Waals surface area (Å²) in [6.07, 6.45) is 0. The molecule has 0 aliphatic carbocycles. The van der Waals surface area contributed by atoms with Crippen LogP contribution >= 0.6 is 0 Å². The van der Waals surface area contributed by atoms with Crippen LogP contribution in [0.2, 0.25) is 19.6 Å². The standard InChI is InChI=1S/C14H14.C13H11F.C11H16.C10H16Si.C9H12.C8H10/c1-11-8-9-14(10-12(11)2)13-6-4-3-5-7-13;1-10-6-8-11(9-7-10)12-4-2-3-5-13(12)14;1-9-6-5-7-10(8-9)11(2,3)4;1-9-5-7-10(8-6-9)11(2,3)4;1-7-4-5-8(2)9(3)6-7;1-7-3-5-8(2)6-4-7/h3-10H,1-2H3;2-9H,1H3;2*5-8H,1-4H3;4-6H,1-3H3;3-6H,1-2H3. The molecule has 0 saturated heterocycles. The van der Waals surface area contributed by atoms with Crippen LogP contribution in [0.1, 0.15) is 82.0 Å². The highest BCUT2D eigenvalue weighted by Gasteiger charge is 2.15. The Morgan fingerprint density at radius 3 is 1.18 bits per heavy atom. The second-order valence-electron chi connectivity index (χ2n) is 20.0. The zero-order valence-corrected chi connectivity index (χ0v) is 44.8. The fraction of sp³-hybridized carbons (Fsp3) is 0.262. The number of halogens is 1. The van der Waals surface area contributed by atoms with Gasteiger partial charge in [-0.2, -0.15) is 0 Å². The van der Waals surface area contributed by atoms with Crippen LogP contribution in [0.25, 0.3) is 22.3 Å². The SMILES string of the molecule is Cc1ccc(-c2ccccc2)cc1C.Cc1ccc(-c2ccccc2F)cc1.Cc1ccc(C)c(C)c1.Cc1ccc(C)cc1.Cc1ccc([Si](C)(C)C)cc1.Cc1cccc(C(C)(C)C)c1. The van der Waals surface area contributed by atoms with E-state index in [-0.39, 0.29) is 11.2 Å². The van der Waals surface area contributed by atoms with Gasteiger partial charge in [-0.25, -0.2) is 4.39 Å². The number of aryl methyl sites for hydroxylation is 10. The summed E-state index contributed by atoms with van der Waals surface area (Å²) in [6, 6.07) is 64.4. The number of rotatable bonds is 3. The largest absolute Gasteiger partial charge is 0.206 e. The van der Waals surface area contributed by atoms with E-state index in [1.54, 1.807) is 17.3 Å². The van der Waals surface area contributed by atoms with Crippen LogP contribution in [0.4, 0.5) is 4.39 Å². The Hall–Kier alpha value is -6.09. The van der Waals surface area contributed by atoms with Gasteiger partial charge in [0.25, 0.3) is 0 Å². The molecule has 0 spiro atoms. The first kappa shape index (κ1) is 55.2. The van der Waals surface area contributed by atoms with Crippen LogP contribution in [0.3, 0.4) is 0 Å². The van der Waals surface area contributed by atoms with Gasteiger partial charge >= 0.3 is 0 Å². The van der Waals surface area contributed by atoms with E-state index in [9.17, 15) is 4.39 Å². The van der Waals surface area contributed by atoms with Crippen molar-refractivity contribution < 1.29 is 4.39 Å². The summed E-state index contributed by atoms with van der Waals surface area (Å²) in [5.74, 6) is -0.170. The van der Waals surface area contributed by atoms with E-state index >= 15 is 0 Å². The van der Waals surface area contributed by atoms with Crippen molar-refractivity contribution in [2.75, 3.05) is 0 Å². The molecule has 0 N–H and O–H groups in total. The van der Waals surface area contributed by atoms with Gasteiger partial charge in [0.05, 0.1) is 8.07 Å². The smallest absolute Gasteiger partial charge is 0.131 e. The summed E-state index contributed by atoms with van der Waals surface area (Å²) < 4.78 is 13.4. The first-order valence-corrected chi connectivity index (χ1v) is 27.2. The summed E-state index contributed by atoms with van der Waals surface area (Å²) in [6.45, 7) is 35.0. The molecule has 0 heterocycles. The third-order valence-electron chi connectivity index (χ3n) is 11.5. The summed E-state index contributed by atoms with van der Waals surface area (Å²) >= 11 is 0. The molecule has 0 aliphatic rings. The third-order valence-corrected chi connectivity index (χ3v) is 13.6. The van der Waals surface area contributed by atoms with E-state index in [0.717, 1.165) is 5.56 Å². The molecule has 8 aromatic carbocycles. The molecular weight excluding hydrogens is 828 g/mol. The summed E-state index contributed by atoms with van der Waals surface area (Å²) in [5, 5.41) is 1.54. The van der Waals surface area contributed by atoms with Crippen LogP contribution in [0.15, 0.2) is 188 Å². The summed E-state index contributed by atoms with van der Waals surface area (Å²) in [5.41, 5.74) is 19.2. The van der Waals surface area contributed by atoms with Crippen molar-refractivity contribution in [3.63, 3.8) is 0 Å². The molecule has 0 fully saturated rings. The number of benzene rings is 8. The van der Waals surface area contributed by atoms with Crippen LogP contribution < -0.4 is 5.19 Å². The molecule has 8 rings (SSSR count). The minimum atomic E-state index is -1.06. The quantitative estimate of drug-likeness (QED) is 0.155. The summed E-state index contributed by atoms with van der Waals surface area (Å²) in [4.78, 5) is 0. The lowest BCUT2D eigenvalue weighted by Gasteiger charge is -2.19. The second kappa shape index (κ2) is 26.9. The van der Waals surface area contributed by atoms with E-state index in [2.05, 4.69) is 236 Å². The molecule has 8 aromatic rings. The van der Waals surface area contributed by atoms with Crippen molar-refractivity contribution in [1.82, 2.24) is 0 Å². The molecule has 0 nitrogen and oxygen atoms in total. The molecule has 0 aromatic heterocycles. The van der Waals surface area contributed by atoms with Crippen molar-refractivity contribution in [2.24, 2.45) is 0 Å². The lowest BCUT2D eigenvalue weighted by atomic mass is 9.86. The van der Waals surface area contributed by atoms with E-state index in [0.29, 0.717) is 5.56 Å². The van der Waals surface area contributed by atoms with Crippen LogP contribution in [-0.2, 0) is 5.41 Å². The zero-order chi connectivity index (χ0) is 49.7. The Balaban J connectivity index is 0.000000216. The highest BCUT2D eigenvalue weighted by molar-refractivity contribution is 6.88. The molecule has 2 heteroatoms. The Bertz CT molecular complexity index is 2640. The molecule has 0 atom stereocenters. The lowest BCUT2D eigenvalue weighted by Crippen LogP contribution is -2.37. The fourth-order valence-corrected chi connectivity index (χ4v) is 7.84. The summed E-state index contributed by atoms with van der Waals surface area (Å²) in [7, 11) is -1.06. The molecule has 0 bridgehead atoms. The van der Waals surface area contributed by atoms with E-state index < -0.39 is 8.07 Å². The van der Waals surface area contributed by atoms with Gasteiger partial charge in [-0.3, -0.25) is 0 Å². The average molecular weight is 907 g/mol. The van der Waals surface area contributed by atoms with E-state index in [4.69, 9.17) is 0 Å². The zero-order valence-electron chi connectivity index (χ0n) is 43.8. The molecule has 67 heavy (non-hydrogen) atoms. The van der Waals surface area contributed by atoms with Crippen molar-refractivity contribution in [3.8, 4) is 22.3 Å². The van der Waals surface area contributed by atoms with Gasteiger partial charge in [-0.05, 0) is 125 Å². The van der Waals surface area contributed by atoms with Gasteiger partial charge in [-0.15, -0.1) is 0 Å². The third kappa shape index (κ3) is 20.5. The normalized spacial score (nSPS) is 10.5. The number of hydrogen-bond acceptors (Lipinski definition) is 0. The van der Waals surface area contributed by atoms with Crippen molar-refractivity contribution in [1.29, 1.82) is 0 Å². The van der Waals surface area contributed by atoms with Crippen molar-refractivity contribution >= 4 is 13.3 Å². The Labute approximate surface area is 408 Å². The molecule has 350 valence electrons. The predicted octanol–water partition coefficient (Wildman–Crippen LogP) is 18.5. The van der Waals surface area contributed by atoms with Crippen LogP contribution in [0, 0.1) is 75.1 Å².